The Bertz CT molecular complexity index is 501. The van der Waals surface area contributed by atoms with Crippen LogP contribution in [0.15, 0.2) is 0 Å². The Morgan fingerprint density at radius 3 is 2.55 bits per heavy atom. The molecule has 22 heavy (non-hydrogen) atoms. The zero-order valence-corrected chi connectivity index (χ0v) is 13.1. The molecule has 2 N–H and O–H groups in total. The van der Waals surface area contributed by atoms with E-state index in [0.29, 0.717) is 25.9 Å². The van der Waals surface area contributed by atoms with Gasteiger partial charge < -0.3 is 15.5 Å². The van der Waals surface area contributed by atoms with Crippen LogP contribution >= 0.6 is 0 Å². The number of rotatable bonds is 2. The fourth-order valence-corrected chi connectivity index (χ4v) is 3.92. The van der Waals surface area contributed by atoms with Crippen molar-refractivity contribution in [2.75, 3.05) is 26.7 Å². The van der Waals surface area contributed by atoms with Gasteiger partial charge in [-0.2, -0.15) is 0 Å². The van der Waals surface area contributed by atoms with Crippen LogP contribution < -0.4 is 5.73 Å². The minimum Gasteiger partial charge on any atom is -0.340 e. The summed E-state index contributed by atoms with van der Waals surface area (Å²) in [5.74, 6) is -0.382. The van der Waals surface area contributed by atoms with Gasteiger partial charge in [0.25, 0.3) is 5.91 Å². The molecule has 3 rings (SSSR count). The topological polar surface area (TPSA) is 87.0 Å². The first-order chi connectivity index (χ1) is 10.5. The van der Waals surface area contributed by atoms with Crippen LogP contribution in [0.4, 0.5) is 4.79 Å². The summed E-state index contributed by atoms with van der Waals surface area (Å²) >= 11 is 0. The lowest BCUT2D eigenvalue weighted by Crippen LogP contribution is -2.49. The minimum absolute atomic E-state index is 0.00120. The van der Waals surface area contributed by atoms with E-state index in [1.807, 2.05) is 0 Å². The van der Waals surface area contributed by atoms with Crippen molar-refractivity contribution in [3.8, 4) is 0 Å². The number of likely N-dealkylation sites (N-methyl/N-ethyl adjacent to an activating group) is 1. The van der Waals surface area contributed by atoms with Gasteiger partial charge in [0.05, 0.1) is 0 Å². The Morgan fingerprint density at radius 1 is 1.27 bits per heavy atom. The quantitative estimate of drug-likeness (QED) is 0.735. The van der Waals surface area contributed by atoms with Gasteiger partial charge in [-0.05, 0) is 19.3 Å². The highest BCUT2D eigenvalue weighted by molar-refractivity contribution is 6.08. The highest BCUT2D eigenvalue weighted by atomic mass is 16.2. The van der Waals surface area contributed by atoms with Gasteiger partial charge in [0.15, 0.2) is 0 Å². The van der Waals surface area contributed by atoms with Crippen LogP contribution in [0, 0.1) is 0 Å². The van der Waals surface area contributed by atoms with Crippen LogP contribution in [-0.4, -0.2) is 70.8 Å². The number of amides is 4. The van der Waals surface area contributed by atoms with Crippen molar-refractivity contribution < 1.29 is 14.4 Å². The van der Waals surface area contributed by atoms with Crippen LogP contribution in [0.25, 0.3) is 0 Å². The van der Waals surface area contributed by atoms with Crippen molar-refractivity contribution in [1.29, 1.82) is 0 Å². The first-order valence-corrected chi connectivity index (χ1v) is 8.09. The highest BCUT2D eigenvalue weighted by Crippen LogP contribution is 2.39. The summed E-state index contributed by atoms with van der Waals surface area (Å²) in [6.07, 6.45) is 5.18. The lowest BCUT2D eigenvalue weighted by molar-refractivity contribution is -0.140. The zero-order valence-electron chi connectivity index (χ0n) is 13.1. The van der Waals surface area contributed by atoms with Crippen LogP contribution in [0.2, 0.25) is 0 Å². The van der Waals surface area contributed by atoms with Crippen molar-refractivity contribution in [2.24, 2.45) is 5.73 Å². The highest BCUT2D eigenvalue weighted by Gasteiger charge is 2.56. The van der Waals surface area contributed by atoms with Gasteiger partial charge >= 0.3 is 6.03 Å². The van der Waals surface area contributed by atoms with Gasteiger partial charge in [0.1, 0.15) is 12.1 Å². The molecular formula is C15H24N4O3. The number of carbonyl (C=O) groups excluding carboxylic acids is 3. The van der Waals surface area contributed by atoms with E-state index in [1.54, 1.807) is 16.8 Å². The van der Waals surface area contributed by atoms with E-state index in [4.69, 9.17) is 5.73 Å². The summed E-state index contributed by atoms with van der Waals surface area (Å²) in [6, 6.07) is -0.343. The molecule has 4 amide bonds. The number of hydrogen-bond donors (Lipinski definition) is 1. The molecule has 0 aromatic heterocycles. The second-order valence-electron chi connectivity index (χ2n) is 6.71. The maximum Gasteiger partial charge on any atom is 0.327 e. The fraction of sp³-hybridized carbons (Fsp3) is 0.800. The number of likely N-dealkylation sites (tertiary alicyclic amines) is 1. The van der Waals surface area contributed by atoms with Crippen molar-refractivity contribution in [3.63, 3.8) is 0 Å². The van der Waals surface area contributed by atoms with Crippen LogP contribution in [0.1, 0.15) is 38.5 Å². The van der Waals surface area contributed by atoms with E-state index in [9.17, 15) is 14.4 Å². The van der Waals surface area contributed by atoms with Crippen LogP contribution in [-0.2, 0) is 9.59 Å². The summed E-state index contributed by atoms with van der Waals surface area (Å²) in [5, 5.41) is 0. The molecule has 3 aliphatic rings. The molecule has 1 spiro atoms. The Morgan fingerprint density at radius 2 is 1.95 bits per heavy atom. The van der Waals surface area contributed by atoms with Gasteiger partial charge in [-0.3, -0.25) is 14.5 Å². The average Bonchev–Trinajstić information content (AvgIpc) is 3.02. The predicted molar refractivity (Wildman–Crippen MR) is 79.9 cm³/mol. The first-order valence-electron chi connectivity index (χ1n) is 8.09. The molecule has 1 aliphatic carbocycles. The lowest BCUT2D eigenvalue weighted by Gasteiger charge is -2.35. The van der Waals surface area contributed by atoms with Gasteiger partial charge in [0.2, 0.25) is 5.91 Å². The Labute approximate surface area is 130 Å². The molecule has 2 saturated heterocycles. The Balaban J connectivity index is 1.72. The molecule has 0 radical (unpaired) electrons. The lowest BCUT2D eigenvalue weighted by atomic mass is 9.81. The molecule has 7 nitrogen and oxygen atoms in total. The molecule has 122 valence electrons. The summed E-state index contributed by atoms with van der Waals surface area (Å²) in [5.41, 5.74) is 5.10. The van der Waals surface area contributed by atoms with E-state index in [1.165, 1.54) is 0 Å². The number of urea groups is 1. The molecule has 7 heteroatoms. The molecule has 2 aliphatic heterocycles. The molecule has 1 saturated carbocycles. The molecule has 0 aromatic carbocycles. The molecule has 0 aromatic rings. The largest absolute Gasteiger partial charge is 0.340 e. The zero-order chi connectivity index (χ0) is 15.9. The number of hydrogen-bond acceptors (Lipinski definition) is 4. The Hall–Kier alpha value is -1.63. The van der Waals surface area contributed by atoms with Crippen molar-refractivity contribution >= 4 is 17.8 Å². The van der Waals surface area contributed by atoms with Gasteiger partial charge in [-0.1, -0.05) is 19.3 Å². The monoisotopic (exact) mass is 308 g/mol. The standard InChI is InChI=1S/C15H24N4O3/c1-17-14(22)19(10-12(20)18-8-5-11(16)9-18)13(21)15(17)6-3-2-4-7-15/h11H,2-10,16H2,1H3/t11-/m1/s1. The van der Waals surface area contributed by atoms with Gasteiger partial charge in [0, 0.05) is 26.2 Å². The number of imide groups is 1. The number of nitrogens with two attached hydrogens (primary N) is 1. The van der Waals surface area contributed by atoms with Gasteiger partial charge in [-0.25, -0.2) is 4.79 Å². The molecule has 3 fully saturated rings. The average molecular weight is 308 g/mol. The first kappa shape index (κ1) is 15.3. The van der Waals surface area contributed by atoms with Crippen molar-refractivity contribution in [2.45, 2.75) is 50.1 Å². The predicted octanol–water partition coefficient (Wildman–Crippen LogP) is 0.143. The maximum absolute atomic E-state index is 12.8. The molecule has 0 bridgehead atoms. The van der Waals surface area contributed by atoms with E-state index in [-0.39, 0.29) is 30.4 Å². The molecule has 0 unspecified atom stereocenters. The normalized spacial score (nSPS) is 28.1. The summed E-state index contributed by atoms with van der Waals surface area (Å²) in [6.45, 7) is 0.962. The SMILES string of the molecule is CN1C(=O)N(CC(=O)N2CC[C@@H](N)C2)C(=O)C12CCCCC2. The summed E-state index contributed by atoms with van der Waals surface area (Å²) < 4.78 is 0. The second kappa shape index (κ2) is 5.53. The molecule has 1 atom stereocenters. The van der Waals surface area contributed by atoms with E-state index >= 15 is 0 Å². The molecule has 2 heterocycles. The fourth-order valence-electron chi connectivity index (χ4n) is 3.92. The summed E-state index contributed by atoms with van der Waals surface area (Å²) in [4.78, 5) is 41.9. The number of nitrogens with zero attached hydrogens (tertiary/aromatic N) is 3. The third-order valence-corrected chi connectivity index (χ3v) is 5.35. The van der Waals surface area contributed by atoms with E-state index in [0.717, 1.165) is 30.6 Å². The molecular weight excluding hydrogens is 284 g/mol. The van der Waals surface area contributed by atoms with Crippen LogP contribution in [0.5, 0.6) is 0 Å². The van der Waals surface area contributed by atoms with Crippen LogP contribution in [0.3, 0.4) is 0 Å². The smallest absolute Gasteiger partial charge is 0.327 e. The van der Waals surface area contributed by atoms with E-state index < -0.39 is 5.54 Å². The number of carbonyl (C=O) groups is 3. The van der Waals surface area contributed by atoms with E-state index in [2.05, 4.69) is 0 Å². The minimum atomic E-state index is -0.711. The third-order valence-electron chi connectivity index (χ3n) is 5.35. The third kappa shape index (κ3) is 2.27. The van der Waals surface area contributed by atoms with Gasteiger partial charge in [-0.15, -0.1) is 0 Å². The maximum atomic E-state index is 12.8. The van der Waals surface area contributed by atoms with Crippen molar-refractivity contribution in [1.82, 2.24) is 14.7 Å². The summed E-state index contributed by atoms with van der Waals surface area (Å²) in [7, 11) is 1.68. The Kier molecular flexibility index (Phi) is 3.84. The van der Waals surface area contributed by atoms with Crippen molar-refractivity contribution in [3.05, 3.63) is 0 Å². The second-order valence-corrected chi connectivity index (χ2v) is 6.71.